The fourth-order valence-electron chi connectivity index (χ4n) is 3.94. The Bertz CT molecular complexity index is 1920. The Kier molecular flexibility index (Phi) is 7.56. The summed E-state index contributed by atoms with van der Waals surface area (Å²) in [6, 6.07) is 15.5. The Morgan fingerprint density at radius 1 is 1.00 bits per heavy atom. The largest absolute Gasteiger partial charge is 0.418 e. The number of sulfone groups is 1. The molecule has 208 valence electrons. The second kappa shape index (κ2) is 11.0. The van der Waals surface area contributed by atoms with Gasteiger partial charge in [-0.1, -0.05) is 29.8 Å². The van der Waals surface area contributed by atoms with Crippen molar-refractivity contribution in [3.8, 4) is 6.07 Å². The first kappa shape index (κ1) is 28.3. The normalized spacial score (nSPS) is 11.8. The summed E-state index contributed by atoms with van der Waals surface area (Å²) in [7, 11) is -3.85. The maximum Gasteiger partial charge on any atom is 0.418 e. The number of anilines is 3. The van der Waals surface area contributed by atoms with Gasteiger partial charge in [0.15, 0.2) is 0 Å². The van der Waals surface area contributed by atoms with Crippen LogP contribution in [0.1, 0.15) is 16.0 Å². The lowest BCUT2D eigenvalue weighted by Crippen LogP contribution is -2.10. The van der Waals surface area contributed by atoms with Gasteiger partial charge in [-0.2, -0.15) is 18.4 Å². The van der Waals surface area contributed by atoms with Crippen LogP contribution in [0.5, 0.6) is 0 Å². The van der Waals surface area contributed by atoms with Crippen molar-refractivity contribution in [1.29, 1.82) is 5.26 Å². The first-order chi connectivity index (χ1) is 19.5. The Hall–Kier alpha value is -4.25. The lowest BCUT2D eigenvalue weighted by Gasteiger charge is -2.17. The number of hydrogen-bond acceptors (Lipinski definition) is 8. The topological polar surface area (TPSA) is 108 Å². The second-order valence-corrected chi connectivity index (χ2v) is 12.2. The number of nitrogens with one attached hydrogen (secondary N) is 2. The van der Waals surface area contributed by atoms with Crippen LogP contribution >= 0.6 is 22.9 Å². The molecule has 7 nitrogen and oxygen atoms in total. The summed E-state index contributed by atoms with van der Waals surface area (Å²) in [4.78, 5) is 8.42. The minimum absolute atomic E-state index is 0.0170. The fraction of sp³-hybridized carbons (Fsp3) is 0.0741. The van der Waals surface area contributed by atoms with Gasteiger partial charge in [0, 0.05) is 34.0 Å². The van der Waals surface area contributed by atoms with Gasteiger partial charge in [0.25, 0.3) is 0 Å². The average molecular weight is 618 g/mol. The minimum Gasteiger partial charge on any atom is -0.380 e. The number of aromatic nitrogens is 2. The van der Waals surface area contributed by atoms with E-state index in [1.54, 1.807) is 18.2 Å². The highest BCUT2D eigenvalue weighted by Gasteiger charge is 2.34. The van der Waals surface area contributed by atoms with Gasteiger partial charge in [-0.15, -0.1) is 11.3 Å². The number of hydrogen-bond donors (Lipinski definition) is 2. The van der Waals surface area contributed by atoms with Crippen molar-refractivity contribution in [2.75, 3.05) is 10.6 Å². The molecule has 41 heavy (non-hydrogen) atoms. The van der Waals surface area contributed by atoms with Crippen LogP contribution in [0.25, 0.3) is 10.9 Å². The van der Waals surface area contributed by atoms with Crippen molar-refractivity contribution >= 4 is 60.7 Å². The van der Waals surface area contributed by atoms with Crippen LogP contribution in [-0.4, -0.2) is 18.4 Å². The second-order valence-electron chi connectivity index (χ2n) is 8.59. The van der Waals surface area contributed by atoms with E-state index in [2.05, 4.69) is 20.6 Å². The summed E-state index contributed by atoms with van der Waals surface area (Å²) in [5.74, 6) is -0.689. The smallest absolute Gasteiger partial charge is 0.380 e. The molecular weight excluding hydrogens is 602 g/mol. The summed E-state index contributed by atoms with van der Waals surface area (Å²) in [5, 5.41) is 15.1. The van der Waals surface area contributed by atoms with E-state index in [1.807, 2.05) is 6.07 Å². The maximum atomic E-state index is 14.1. The van der Waals surface area contributed by atoms with Gasteiger partial charge in [-0.25, -0.2) is 17.8 Å². The lowest BCUT2D eigenvalue weighted by molar-refractivity contribution is -0.136. The van der Waals surface area contributed by atoms with Gasteiger partial charge in [0.2, 0.25) is 14.2 Å². The van der Waals surface area contributed by atoms with Crippen LogP contribution in [-0.2, 0) is 22.6 Å². The van der Waals surface area contributed by atoms with E-state index in [0.717, 1.165) is 29.7 Å². The fourth-order valence-corrected chi connectivity index (χ4v) is 6.66. The molecule has 0 fully saturated rings. The number of thiazole rings is 1. The van der Waals surface area contributed by atoms with E-state index in [-0.39, 0.29) is 48.8 Å². The molecule has 0 atom stereocenters. The van der Waals surface area contributed by atoms with Gasteiger partial charge in [-0.3, -0.25) is 4.98 Å². The van der Waals surface area contributed by atoms with Gasteiger partial charge >= 0.3 is 6.18 Å². The zero-order valence-corrected chi connectivity index (χ0v) is 22.9. The molecule has 3 aromatic carbocycles. The molecule has 5 rings (SSSR count). The van der Waals surface area contributed by atoms with Crippen molar-refractivity contribution in [3.05, 3.63) is 99.9 Å². The highest BCUT2D eigenvalue weighted by molar-refractivity contribution is 7.93. The van der Waals surface area contributed by atoms with E-state index in [4.69, 9.17) is 11.6 Å². The molecule has 0 spiro atoms. The number of benzene rings is 3. The van der Waals surface area contributed by atoms with Gasteiger partial charge < -0.3 is 10.6 Å². The van der Waals surface area contributed by atoms with E-state index in [0.29, 0.717) is 4.88 Å². The molecular formula is C27H16ClF4N5O2S2. The molecule has 0 radical (unpaired) electrons. The number of nitrogens with zero attached hydrogens (tertiary/aromatic N) is 3. The van der Waals surface area contributed by atoms with Crippen LogP contribution in [0.4, 0.5) is 34.6 Å². The summed E-state index contributed by atoms with van der Waals surface area (Å²) in [5.41, 5.74) is -1.23. The van der Waals surface area contributed by atoms with Crippen LogP contribution < -0.4 is 10.6 Å². The summed E-state index contributed by atoms with van der Waals surface area (Å²) in [6.07, 6.45) is -2.45. The van der Waals surface area contributed by atoms with Gasteiger partial charge in [0.05, 0.1) is 38.8 Å². The third kappa shape index (κ3) is 5.81. The van der Waals surface area contributed by atoms with Crippen LogP contribution in [0, 0.1) is 17.1 Å². The summed E-state index contributed by atoms with van der Waals surface area (Å²) in [6.45, 7) is -0.0352. The lowest BCUT2D eigenvalue weighted by atomic mass is 10.0. The molecule has 2 heterocycles. The predicted octanol–water partition coefficient (Wildman–Crippen LogP) is 7.56. The molecule has 14 heteroatoms. The monoisotopic (exact) mass is 617 g/mol. The molecule has 2 aromatic heterocycles. The van der Waals surface area contributed by atoms with E-state index in [1.165, 1.54) is 36.5 Å². The average Bonchev–Trinajstić information content (AvgIpc) is 3.44. The molecule has 0 aliphatic carbocycles. The number of fused-ring (bicyclic) bond motifs is 1. The van der Waals surface area contributed by atoms with Gasteiger partial charge in [0.1, 0.15) is 11.9 Å². The Labute approximate surface area is 240 Å². The molecule has 0 saturated heterocycles. The van der Waals surface area contributed by atoms with Crippen LogP contribution in [0.3, 0.4) is 0 Å². The highest BCUT2D eigenvalue weighted by atomic mass is 35.5. The predicted molar refractivity (Wildman–Crippen MR) is 147 cm³/mol. The summed E-state index contributed by atoms with van der Waals surface area (Å²) >= 11 is 6.74. The Morgan fingerprint density at radius 3 is 2.44 bits per heavy atom. The third-order valence-electron chi connectivity index (χ3n) is 5.87. The molecule has 0 bridgehead atoms. The Morgan fingerprint density at radius 2 is 1.76 bits per heavy atom. The molecule has 0 amide bonds. The van der Waals surface area contributed by atoms with Crippen LogP contribution in [0.2, 0.25) is 5.02 Å². The van der Waals surface area contributed by atoms with Gasteiger partial charge in [-0.05, 0) is 42.5 Å². The van der Waals surface area contributed by atoms with Crippen molar-refractivity contribution in [3.63, 3.8) is 0 Å². The zero-order chi connectivity index (χ0) is 29.4. The molecule has 2 N–H and O–H groups in total. The number of halogens is 5. The van der Waals surface area contributed by atoms with Crippen molar-refractivity contribution < 1.29 is 26.0 Å². The van der Waals surface area contributed by atoms with E-state index < -0.39 is 32.9 Å². The van der Waals surface area contributed by atoms with Crippen molar-refractivity contribution in [1.82, 2.24) is 9.97 Å². The number of pyridine rings is 1. The quantitative estimate of drug-likeness (QED) is 0.181. The third-order valence-corrected chi connectivity index (χ3v) is 9.32. The SMILES string of the molecule is N#Cc1cnc2c(C(F)(F)F)cc(NCc3cnc(S(=O)(=O)c4ccccc4)s3)cc2c1Nc1ccc(F)c(Cl)c1. The zero-order valence-electron chi connectivity index (χ0n) is 20.5. The number of rotatable bonds is 7. The molecule has 0 unspecified atom stereocenters. The molecule has 5 aromatic rings. The first-order valence-corrected chi connectivity index (χ1v) is 14.3. The molecule has 0 aliphatic rings. The Balaban J connectivity index is 1.52. The standard InChI is InChI=1S/C27H16ClF4N5O2S2/c28-22-10-16(6-7-23(22)29)37-24-15(11-33)12-35-25-20(24)8-17(9-21(25)27(30,31)32)34-13-18-14-36-26(40-18)41(38,39)19-4-2-1-3-5-19/h1-10,12,14,34H,13H2,(H,35,37). The molecule has 0 saturated carbocycles. The van der Waals surface area contributed by atoms with E-state index in [9.17, 15) is 31.2 Å². The number of nitriles is 1. The van der Waals surface area contributed by atoms with Crippen LogP contribution in [0.15, 0.2) is 82.3 Å². The first-order valence-electron chi connectivity index (χ1n) is 11.6. The van der Waals surface area contributed by atoms with Crippen molar-refractivity contribution in [2.24, 2.45) is 0 Å². The maximum absolute atomic E-state index is 14.1. The number of alkyl halides is 3. The molecule has 0 aliphatic heterocycles. The van der Waals surface area contributed by atoms with Crippen molar-refractivity contribution in [2.45, 2.75) is 22.0 Å². The van der Waals surface area contributed by atoms with E-state index >= 15 is 0 Å². The highest BCUT2D eigenvalue weighted by Crippen LogP contribution is 2.40. The summed E-state index contributed by atoms with van der Waals surface area (Å²) < 4.78 is 81.5. The minimum atomic E-state index is -4.80.